The van der Waals surface area contributed by atoms with Crippen LogP contribution in [0.5, 0.6) is 0 Å². The predicted octanol–water partition coefficient (Wildman–Crippen LogP) is 17.6. The molecule has 0 saturated carbocycles. The minimum Gasteiger partial charge on any atom is -0.466 e. The van der Waals surface area contributed by atoms with Crippen LogP contribution in [0, 0.1) is 0 Å². The number of esters is 1. The highest BCUT2D eigenvalue weighted by Gasteiger charge is 2.44. The Bertz CT molecular complexity index is 1390. The van der Waals surface area contributed by atoms with Gasteiger partial charge in [0.1, 0.15) is 24.4 Å². The van der Waals surface area contributed by atoms with E-state index in [-0.39, 0.29) is 18.5 Å². The Balaban J connectivity index is 1.91. The maximum Gasteiger partial charge on any atom is 0.305 e. The lowest BCUT2D eigenvalue weighted by Gasteiger charge is -2.40. The Hall–Kier alpha value is -1.86. The van der Waals surface area contributed by atoms with Gasteiger partial charge in [0.25, 0.3) is 0 Å². The Kier molecular flexibility index (Phi) is 57.0. The van der Waals surface area contributed by atoms with Crippen LogP contribution < -0.4 is 5.32 Å². The second-order valence-electron chi connectivity index (χ2n) is 24.6. The SMILES string of the molecule is CCCCCCCCC/C=C/C(O)C(COC1OC(CO)C(O)C(O)C1O)NC(=O)CCCCCCCCCCCCCCCC/C=C\CCCCCCCCCCCCCCOC(=O)CCCCCCCCCCCCCCCC. The van der Waals surface area contributed by atoms with Gasteiger partial charge in [0.05, 0.1) is 32.0 Å². The number of amides is 1. The molecule has 1 fully saturated rings. The van der Waals surface area contributed by atoms with Crippen molar-refractivity contribution >= 4 is 11.9 Å². The van der Waals surface area contributed by atoms with Crippen LogP contribution in [-0.4, -0.2) is 100 Å². The topological polar surface area (TPSA) is 175 Å². The summed E-state index contributed by atoms with van der Waals surface area (Å²) in [5.74, 6) is -0.169. The van der Waals surface area contributed by atoms with E-state index < -0.39 is 49.5 Å². The summed E-state index contributed by atoms with van der Waals surface area (Å²) in [6.45, 7) is 4.35. The first-order valence-electron chi connectivity index (χ1n) is 35.1. The Morgan fingerprint density at radius 1 is 0.444 bits per heavy atom. The number of ether oxygens (including phenoxy) is 3. The summed E-state index contributed by atoms with van der Waals surface area (Å²) >= 11 is 0. The average molecular weight is 1150 g/mol. The number of unbranched alkanes of at least 4 members (excludes halogenated alkanes) is 46. The van der Waals surface area contributed by atoms with Crippen molar-refractivity contribution in [1.29, 1.82) is 0 Å². The number of hydrogen-bond acceptors (Lipinski definition) is 10. The number of carbonyl (C=O) groups is 2. The lowest BCUT2D eigenvalue weighted by atomic mass is 9.99. The first kappa shape index (κ1) is 77.2. The van der Waals surface area contributed by atoms with E-state index in [1.54, 1.807) is 6.08 Å². The fourth-order valence-corrected chi connectivity index (χ4v) is 11.3. The van der Waals surface area contributed by atoms with Gasteiger partial charge in [-0.1, -0.05) is 301 Å². The molecule has 11 nitrogen and oxygen atoms in total. The van der Waals surface area contributed by atoms with E-state index >= 15 is 0 Å². The molecule has 0 aromatic carbocycles. The van der Waals surface area contributed by atoms with Gasteiger partial charge in [0.15, 0.2) is 6.29 Å². The van der Waals surface area contributed by atoms with Crippen LogP contribution in [0.4, 0.5) is 0 Å². The van der Waals surface area contributed by atoms with Gasteiger partial charge in [0, 0.05) is 12.8 Å². The zero-order valence-corrected chi connectivity index (χ0v) is 53.0. The second kappa shape index (κ2) is 59.9. The molecule has 1 saturated heterocycles. The molecule has 0 aliphatic carbocycles. The maximum absolute atomic E-state index is 13.0. The van der Waals surface area contributed by atoms with Crippen molar-refractivity contribution in [2.24, 2.45) is 0 Å². The van der Waals surface area contributed by atoms with Crippen molar-refractivity contribution in [2.45, 2.75) is 391 Å². The number of aliphatic hydroxyl groups is 5. The second-order valence-corrected chi connectivity index (χ2v) is 24.6. The van der Waals surface area contributed by atoms with Gasteiger partial charge >= 0.3 is 5.97 Å². The quantitative estimate of drug-likeness (QED) is 0.0195. The Morgan fingerprint density at radius 3 is 1.19 bits per heavy atom. The molecule has 81 heavy (non-hydrogen) atoms. The summed E-state index contributed by atoms with van der Waals surface area (Å²) in [6.07, 6.45) is 64.7. The monoisotopic (exact) mass is 1150 g/mol. The van der Waals surface area contributed by atoms with E-state index in [1.807, 2.05) is 6.08 Å². The van der Waals surface area contributed by atoms with Crippen molar-refractivity contribution in [3.05, 3.63) is 24.3 Å². The lowest BCUT2D eigenvalue weighted by Crippen LogP contribution is -2.60. The number of carbonyl (C=O) groups excluding carboxylic acids is 2. The van der Waals surface area contributed by atoms with Crippen LogP contribution in [0.15, 0.2) is 24.3 Å². The number of allylic oxidation sites excluding steroid dienone is 3. The highest BCUT2D eigenvalue weighted by Crippen LogP contribution is 2.23. The molecule has 0 radical (unpaired) electrons. The van der Waals surface area contributed by atoms with E-state index in [0.29, 0.717) is 19.4 Å². The fraction of sp³-hybridized carbons (Fsp3) is 0.914. The van der Waals surface area contributed by atoms with Gasteiger partial charge in [-0.2, -0.15) is 0 Å². The highest BCUT2D eigenvalue weighted by atomic mass is 16.7. The Labute approximate surface area is 499 Å². The molecular formula is C70H133NO10. The van der Waals surface area contributed by atoms with E-state index in [9.17, 15) is 35.1 Å². The molecule has 7 atom stereocenters. The van der Waals surface area contributed by atoms with Crippen LogP contribution in [0.25, 0.3) is 0 Å². The molecule has 11 heteroatoms. The number of nitrogens with one attached hydrogen (secondary N) is 1. The van der Waals surface area contributed by atoms with E-state index in [1.165, 1.54) is 270 Å². The summed E-state index contributed by atoms with van der Waals surface area (Å²) in [4.78, 5) is 25.1. The van der Waals surface area contributed by atoms with Crippen LogP contribution in [0.1, 0.15) is 348 Å². The third-order valence-corrected chi connectivity index (χ3v) is 16.8. The molecule has 1 rings (SSSR count). The first-order valence-corrected chi connectivity index (χ1v) is 35.1. The van der Waals surface area contributed by atoms with E-state index in [4.69, 9.17) is 14.2 Å². The smallest absolute Gasteiger partial charge is 0.305 e. The molecule has 1 heterocycles. The van der Waals surface area contributed by atoms with Gasteiger partial charge < -0.3 is 45.1 Å². The molecule has 478 valence electrons. The van der Waals surface area contributed by atoms with Crippen LogP contribution in [0.2, 0.25) is 0 Å². The summed E-state index contributed by atoms with van der Waals surface area (Å²) < 4.78 is 16.7. The number of rotatable bonds is 62. The molecule has 0 aromatic rings. The molecule has 0 spiro atoms. The maximum atomic E-state index is 13.0. The van der Waals surface area contributed by atoms with Crippen molar-refractivity contribution in [1.82, 2.24) is 5.32 Å². The summed E-state index contributed by atoms with van der Waals surface area (Å²) in [6, 6.07) is -0.807. The summed E-state index contributed by atoms with van der Waals surface area (Å²) in [5, 5.41) is 54.3. The highest BCUT2D eigenvalue weighted by molar-refractivity contribution is 5.76. The molecule has 0 aromatic heterocycles. The minimum absolute atomic E-state index is 0.0115. The average Bonchev–Trinajstić information content (AvgIpc) is 3.50. The molecule has 6 N–H and O–H groups in total. The van der Waals surface area contributed by atoms with Gasteiger partial charge in [-0.25, -0.2) is 0 Å². The zero-order chi connectivity index (χ0) is 58.7. The Morgan fingerprint density at radius 2 is 0.790 bits per heavy atom. The van der Waals surface area contributed by atoms with Gasteiger partial charge in [-0.15, -0.1) is 0 Å². The van der Waals surface area contributed by atoms with Crippen molar-refractivity contribution in [3.8, 4) is 0 Å². The molecule has 1 amide bonds. The zero-order valence-electron chi connectivity index (χ0n) is 53.0. The number of hydrogen-bond donors (Lipinski definition) is 6. The van der Waals surface area contributed by atoms with Crippen molar-refractivity contribution in [2.75, 3.05) is 19.8 Å². The first-order chi connectivity index (χ1) is 39.7. The van der Waals surface area contributed by atoms with Gasteiger partial charge in [-0.3, -0.25) is 9.59 Å². The summed E-state index contributed by atoms with van der Waals surface area (Å²) in [7, 11) is 0. The van der Waals surface area contributed by atoms with Gasteiger partial charge in [0.2, 0.25) is 5.91 Å². The summed E-state index contributed by atoms with van der Waals surface area (Å²) in [5.41, 5.74) is 0. The largest absolute Gasteiger partial charge is 0.466 e. The number of aliphatic hydroxyl groups excluding tert-OH is 5. The molecule has 1 aliphatic rings. The third kappa shape index (κ3) is 49.0. The molecule has 7 unspecified atom stereocenters. The lowest BCUT2D eigenvalue weighted by molar-refractivity contribution is -0.302. The van der Waals surface area contributed by atoms with E-state index in [2.05, 4.69) is 31.3 Å². The van der Waals surface area contributed by atoms with E-state index in [0.717, 1.165) is 51.4 Å². The van der Waals surface area contributed by atoms with Crippen molar-refractivity contribution in [3.63, 3.8) is 0 Å². The fourth-order valence-electron chi connectivity index (χ4n) is 11.3. The third-order valence-electron chi connectivity index (χ3n) is 16.8. The van der Waals surface area contributed by atoms with Gasteiger partial charge in [-0.05, 0) is 57.8 Å². The molecule has 0 bridgehead atoms. The van der Waals surface area contributed by atoms with Crippen LogP contribution >= 0.6 is 0 Å². The molecule has 1 aliphatic heterocycles. The van der Waals surface area contributed by atoms with Crippen LogP contribution in [0.3, 0.4) is 0 Å². The normalized spacial score (nSPS) is 18.3. The standard InChI is InChI=1S/C70H133NO10/c1-3-5-7-9-11-13-14-15-35-38-42-46-50-54-58-66(75)79-59-55-51-47-43-39-36-33-31-29-27-25-23-21-19-17-16-18-20-22-24-26-28-30-32-34-37-41-45-49-53-57-65(74)71-62(63(73)56-52-48-44-40-12-10-8-6-4-2)61-80-70-69(78)68(77)67(76)64(60-72)81-70/h17,19,52,56,62-64,67-70,72-73,76-78H,3-16,18,20-51,53-55,57-61H2,1-2H3,(H,71,74)/b19-17-,56-52+. The van der Waals surface area contributed by atoms with Crippen LogP contribution in [-0.2, 0) is 23.8 Å². The molecular weight excluding hydrogens is 1010 g/mol. The predicted molar refractivity (Wildman–Crippen MR) is 338 cm³/mol. The minimum atomic E-state index is -1.57. The van der Waals surface area contributed by atoms with Crippen molar-refractivity contribution < 1.29 is 49.3 Å².